The van der Waals surface area contributed by atoms with Gasteiger partial charge in [0.15, 0.2) is 0 Å². The molecule has 0 spiro atoms. The van der Waals surface area contributed by atoms with Crippen LogP contribution in [-0.2, 0) is 16.4 Å². The van der Waals surface area contributed by atoms with Crippen molar-refractivity contribution in [2.75, 3.05) is 9.62 Å². The maximum Gasteiger partial charge on any atom is 0.264 e. The van der Waals surface area contributed by atoms with Crippen molar-refractivity contribution in [3.05, 3.63) is 87.9 Å². The average molecular weight is 461 g/mol. The Hall–Kier alpha value is -2.54. The Balaban J connectivity index is 1.65. The van der Waals surface area contributed by atoms with Crippen LogP contribution in [0, 0.1) is 0 Å². The zero-order valence-electron chi connectivity index (χ0n) is 16.0. The fourth-order valence-electron chi connectivity index (χ4n) is 3.62. The number of anilines is 2. The fourth-order valence-corrected chi connectivity index (χ4v) is 5.82. The average Bonchev–Trinajstić information content (AvgIpc) is 3.07. The van der Waals surface area contributed by atoms with Crippen molar-refractivity contribution in [1.82, 2.24) is 0 Å². The van der Waals surface area contributed by atoms with Crippen LogP contribution >= 0.6 is 23.2 Å². The summed E-state index contributed by atoms with van der Waals surface area (Å²) in [6, 6.07) is 18.0. The lowest BCUT2D eigenvalue weighted by Gasteiger charge is -2.24. The Labute approximate surface area is 185 Å². The van der Waals surface area contributed by atoms with Crippen LogP contribution < -0.4 is 9.62 Å². The van der Waals surface area contributed by atoms with Crippen molar-refractivity contribution in [2.45, 2.75) is 24.3 Å². The summed E-state index contributed by atoms with van der Waals surface area (Å²) in [7, 11) is -3.70. The van der Waals surface area contributed by atoms with Gasteiger partial charge in [-0.25, -0.2) is 8.42 Å². The lowest BCUT2D eigenvalue weighted by Crippen LogP contribution is -2.35. The quantitative estimate of drug-likeness (QED) is 0.567. The van der Waals surface area contributed by atoms with E-state index < -0.39 is 10.0 Å². The minimum Gasteiger partial charge on any atom is -0.319 e. The van der Waals surface area contributed by atoms with Crippen molar-refractivity contribution in [2.24, 2.45) is 0 Å². The Morgan fingerprint density at radius 2 is 1.67 bits per heavy atom. The van der Waals surface area contributed by atoms with Gasteiger partial charge in [0.05, 0.1) is 26.3 Å². The second kappa shape index (κ2) is 7.95. The van der Waals surface area contributed by atoms with Crippen LogP contribution in [0.4, 0.5) is 11.4 Å². The summed E-state index contributed by atoms with van der Waals surface area (Å²) >= 11 is 12.3. The molecule has 4 rings (SSSR count). The number of rotatable bonds is 4. The van der Waals surface area contributed by atoms with Crippen LogP contribution in [-0.4, -0.2) is 20.4 Å². The van der Waals surface area contributed by atoms with Gasteiger partial charge >= 0.3 is 0 Å². The molecule has 3 aromatic rings. The molecule has 0 fully saturated rings. The van der Waals surface area contributed by atoms with Crippen LogP contribution in [0.1, 0.15) is 22.8 Å². The molecule has 0 aliphatic carbocycles. The lowest BCUT2D eigenvalue weighted by atomic mass is 10.1. The van der Waals surface area contributed by atoms with E-state index in [4.69, 9.17) is 23.2 Å². The number of nitrogens with zero attached hydrogens (tertiary/aromatic N) is 1. The summed E-state index contributed by atoms with van der Waals surface area (Å²) in [5, 5.41) is 3.41. The number of hydrogen-bond donors (Lipinski definition) is 1. The molecule has 1 heterocycles. The SMILES string of the molecule is C[C@@H]1Cc2cc(C(=O)Nc3c(Cl)cccc3Cl)ccc2N1S(=O)(=O)c1ccccc1. The third-order valence-electron chi connectivity index (χ3n) is 5.00. The lowest BCUT2D eigenvalue weighted by molar-refractivity contribution is 0.102. The Bertz CT molecular complexity index is 1210. The molecule has 3 aromatic carbocycles. The Morgan fingerprint density at radius 3 is 2.33 bits per heavy atom. The Morgan fingerprint density at radius 1 is 1.00 bits per heavy atom. The van der Waals surface area contributed by atoms with Gasteiger partial charge in [0, 0.05) is 11.6 Å². The number of sulfonamides is 1. The normalized spacial score (nSPS) is 15.7. The predicted molar refractivity (Wildman–Crippen MR) is 120 cm³/mol. The molecule has 0 bridgehead atoms. The zero-order chi connectivity index (χ0) is 21.5. The number of para-hydroxylation sites is 1. The second-order valence-corrected chi connectivity index (χ2v) is 9.69. The Kier molecular flexibility index (Phi) is 5.49. The summed E-state index contributed by atoms with van der Waals surface area (Å²) in [5.74, 6) is -0.371. The van der Waals surface area contributed by atoms with Gasteiger partial charge in [0.25, 0.3) is 15.9 Å². The summed E-state index contributed by atoms with van der Waals surface area (Å²) < 4.78 is 27.7. The third-order valence-corrected chi connectivity index (χ3v) is 7.57. The van der Waals surface area contributed by atoms with E-state index >= 15 is 0 Å². The fraction of sp³-hybridized carbons (Fsp3) is 0.136. The number of fused-ring (bicyclic) bond motifs is 1. The molecule has 154 valence electrons. The largest absolute Gasteiger partial charge is 0.319 e. The number of carbonyl (C=O) groups is 1. The molecule has 1 aliphatic heterocycles. The first-order valence-corrected chi connectivity index (χ1v) is 11.5. The van der Waals surface area contributed by atoms with Crippen LogP contribution in [0.2, 0.25) is 10.0 Å². The maximum absolute atomic E-state index is 13.2. The molecular weight excluding hydrogens is 443 g/mol. The second-order valence-electron chi connectivity index (χ2n) is 7.06. The molecule has 1 aliphatic rings. The van der Waals surface area contributed by atoms with E-state index in [1.165, 1.54) is 4.31 Å². The highest BCUT2D eigenvalue weighted by molar-refractivity contribution is 7.92. The van der Waals surface area contributed by atoms with Crippen molar-refractivity contribution in [1.29, 1.82) is 0 Å². The minimum absolute atomic E-state index is 0.236. The number of amides is 1. The van der Waals surface area contributed by atoms with E-state index in [1.54, 1.807) is 66.7 Å². The number of carbonyl (C=O) groups excluding carboxylic acids is 1. The van der Waals surface area contributed by atoms with E-state index in [0.29, 0.717) is 33.4 Å². The van der Waals surface area contributed by atoms with Gasteiger partial charge < -0.3 is 5.32 Å². The van der Waals surface area contributed by atoms with Gasteiger partial charge in [-0.15, -0.1) is 0 Å². The van der Waals surface area contributed by atoms with Crippen LogP contribution in [0.3, 0.4) is 0 Å². The molecule has 30 heavy (non-hydrogen) atoms. The molecule has 0 saturated carbocycles. The van der Waals surface area contributed by atoms with Crippen molar-refractivity contribution in [3.8, 4) is 0 Å². The van der Waals surface area contributed by atoms with Gasteiger partial charge in [0.1, 0.15) is 0 Å². The highest BCUT2D eigenvalue weighted by Crippen LogP contribution is 2.37. The van der Waals surface area contributed by atoms with Crippen LogP contribution in [0.25, 0.3) is 0 Å². The summed E-state index contributed by atoms with van der Waals surface area (Å²) in [6.45, 7) is 1.85. The monoisotopic (exact) mass is 460 g/mol. The van der Waals surface area contributed by atoms with E-state index in [0.717, 1.165) is 5.56 Å². The molecule has 0 aromatic heterocycles. The number of benzene rings is 3. The molecule has 0 radical (unpaired) electrons. The smallest absolute Gasteiger partial charge is 0.264 e. The van der Waals surface area contributed by atoms with E-state index in [2.05, 4.69) is 5.32 Å². The van der Waals surface area contributed by atoms with Gasteiger partial charge in [-0.05, 0) is 61.4 Å². The molecule has 0 saturated heterocycles. The van der Waals surface area contributed by atoms with E-state index in [1.807, 2.05) is 6.92 Å². The molecular formula is C22H18Cl2N2O3S. The molecule has 0 unspecified atom stereocenters. The molecule has 5 nitrogen and oxygen atoms in total. The van der Waals surface area contributed by atoms with Gasteiger partial charge in [0.2, 0.25) is 0 Å². The minimum atomic E-state index is -3.70. The topological polar surface area (TPSA) is 66.5 Å². The number of nitrogens with one attached hydrogen (secondary N) is 1. The van der Waals surface area contributed by atoms with E-state index in [-0.39, 0.29) is 16.8 Å². The van der Waals surface area contributed by atoms with Crippen LogP contribution in [0.15, 0.2) is 71.6 Å². The van der Waals surface area contributed by atoms with Crippen molar-refractivity contribution in [3.63, 3.8) is 0 Å². The summed E-state index contributed by atoms with van der Waals surface area (Å²) in [6.07, 6.45) is 0.509. The molecule has 1 amide bonds. The van der Waals surface area contributed by atoms with Crippen LogP contribution in [0.5, 0.6) is 0 Å². The first-order chi connectivity index (χ1) is 14.3. The number of hydrogen-bond acceptors (Lipinski definition) is 3. The van der Waals surface area contributed by atoms with Gasteiger partial charge in [-0.3, -0.25) is 9.10 Å². The zero-order valence-corrected chi connectivity index (χ0v) is 18.3. The van der Waals surface area contributed by atoms with Crippen molar-refractivity contribution < 1.29 is 13.2 Å². The van der Waals surface area contributed by atoms with E-state index in [9.17, 15) is 13.2 Å². The van der Waals surface area contributed by atoms with Gasteiger partial charge in [-0.1, -0.05) is 47.5 Å². The molecule has 8 heteroatoms. The predicted octanol–water partition coefficient (Wildman–Crippen LogP) is 5.39. The first-order valence-electron chi connectivity index (χ1n) is 9.27. The standard InChI is InChI=1S/C22H18Cl2N2O3S/c1-14-12-16-13-15(22(27)25-21-18(23)8-5-9-19(21)24)10-11-20(16)26(14)30(28,29)17-6-3-2-4-7-17/h2-11,13-14H,12H2,1H3,(H,25,27)/t14-/m1/s1. The third kappa shape index (κ3) is 3.67. The first kappa shape index (κ1) is 20.7. The molecule has 1 atom stereocenters. The summed E-state index contributed by atoms with van der Waals surface area (Å²) in [4.78, 5) is 13.0. The highest BCUT2D eigenvalue weighted by Gasteiger charge is 2.36. The van der Waals surface area contributed by atoms with Crippen molar-refractivity contribution >= 4 is 50.5 Å². The highest BCUT2D eigenvalue weighted by atomic mass is 35.5. The molecule has 1 N–H and O–H groups in total. The van der Waals surface area contributed by atoms with Gasteiger partial charge in [-0.2, -0.15) is 0 Å². The summed E-state index contributed by atoms with van der Waals surface area (Å²) in [5.41, 5.74) is 2.11. The number of halogens is 2. The maximum atomic E-state index is 13.2.